The first-order valence-corrected chi connectivity index (χ1v) is 9.52. The van der Waals surface area contributed by atoms with Gasteiger partial charge in [0.2, 0.25) is 0 Å². The van der Waals surface area contributed by atoms with Crippen LogP contribution in [-0.4, -0.2) is 61.3 Å². The van der Waals surface area contributed by atoms with Gasteiger partial charge in [-0.25, -0.2) is 4.79 Å². The monoisotopic (exact) mass is 352 g/mol. The zero-order valence-electron chi connectivity index (χ0n) is 15.8. The van der Waals surface area contributed by atoms with Crippen molar-refractivity contribution in [1.29, 1.82) is 0 Å². The summed E-state index contributed by atoms with van der Waals surface area (Å²) in [6, 6.07) is 0.531. The molecule has 1 saturated heterocycles. The van der Waals surface area contributed by atoms with Gasteiger partial charge in [0.25, 0.3) is 0 Å². The molecule has 6 heteroatoms. The van der Waals surface area contributed by atoms with Crippen molar-refractivity contribution in [2.24, 2.45) is 0 Å². The highest BCUT2D eigenvalue weighted by Crippen LogP contribution is 2.35. The maximum Gasteiger partial charge on any atom is 0.410 e. The molecule has 1 N–H and O–H groups in total. The van der Waals surface area contributed by atoms with Gasteiger partial charge >= 0.3 is 6.09 Å². The Hall–Kier alpha value is -1.11. The molecule has 0 bridgehead atoms. The Bertz CT molecular complexity index is 496. The largest absolute Gasteiger partial charge is 0.444 e. The molecule has 1 spiro atoms. The lowest BCUT2D eigenvalue weighted by Gasteiger charge is -2.36. The first kappa shape index (κ1) is 18.7. The molecule has 0 aromatic heterocycles. The number of nitrogens with one attached hydrogen (secondary N) is 1. The fraction of sp³-hybridized carbons (Fsp3) is 0.842. The van der Waals surface area contributed by atoms with Gasteiger partial charge in [-0.1, -0.05) is 11.6 Å². The minimum Gasteiger partial charge on any atom is -0.444 e. The first-order chi connectivity index (χ1) is 11.9. The van der Waals surface area contributed by atoms with Gasteiger partial charge in [-0.3, -0.25) is 0 Å². The number of carbonyl (C=O) groups excluding carboxylic acids is 1. The molecule has 142 valence electrons. The first-order valence-electron chi connectivity index (χ1n) is 9.52. The third-order valence-electron chi connectivity index (χ3n) is 5.13. The van der Waals surface area contributed by atoms with Crippen molar-refractivity contribution >= 4 is 6.09 Å². The topological polar surface area (TPSA) is 60.0 Å². The molecule has 2 fully saturated rings. The number of carbonyl (C=O) groups is 1. The van der Waals surface area contributed by atoms with E-state index < -0.39 is 5.60 Å². The third kappa shape index (κ3) is 5.19. The van der Waals surface area contributed by atoms with Gasteiger partial charge < -0.3 is 24.4 Å². The molecule has 25 heavy (non-hydrogen) atoms. The van der Waals surface area contributed by atoms with E-state index in [1.807, 2.05) is 20.8 Å². The molecule has 2 aliphatic heterocycles. The lowest BCUT2D eigenvalue weighted by Crippen LogP contribution is -2.43. The van der Waals surface area contributed by atoms with Crippen LogP contribution < -0.4 is 5.32 Å². The second kappa shape index (κ2) is 7.64. The minimum absolute atomic E-state index is 0.218. The minimum atomic E-state index is -0.437. The van der Waals surface area contributed by atoms with Crippen molar-refractivity contribution < 1.29 is 19.0 Å². The van der Waals surface area contributed by atoms with Gasteiger partial charge in [0, 0.05) is 38.5 Å². The summed E-state index contributed by atoms with van der Waals surface area (Å²) in [5, 5.41) is 3.67. The quantitative estimate of drug-likeness (QED) is 0.792. The third-order valence-corrected chi connectivity index (χ3v) is 5.13. The lowest BCUT2D eigenvalue weighted by atomic mass is 9.90. The van der Waals surface area contributed by atoms with E-state index in [1.165, 1.54) is 5.57 Å². The summed E-state index contributed by atoms with van der Waals surface area (Å²) in [6.07, 6.45) is 7.01. The van der Waals surface area contributed by atoms with E-state index in [1.54, 1.807) is 4.90 Å². The summed E-state index contributed by atoms with van der Waals surface area (Å²) in [5.74, 6) is -0.282. The summed E-state index contributed by atoms with van der Waals surface area (Å²) >= 11 is 0. The van der Waals surface area contributed by atoms with Crippen LogP contribution in [0.25, 0.3) is 0 Å². The van der Waals surface area contributed by atoms with Crippen LogP contribution in [0.2, 0.25) is 0 Å². The van der Waals surface area contributed by atoms with E-state index in [-0.39, 0.29) is 11.9 Å². The van der Waals surface area contributed by atoms with Gasteiger partial charge in [0.05, 0.1) is 13.2 Å². The molecule has 3 aliphatic rings. The Morgan fingerprint density at radius 2 is 2.00 bits per heavy atom. The number of amides is 1. The SMILES string of the molecule is CC(C)(C)OC(=O)N1CC=C(CNC2CCC3(CC2)OCCO3)CC1. The summed E-state index contributed by atoms with van der Waals surface area (Å²) in [7, 11) is 0. The molecule has 0 radical (unpaired) electrons. The van der Waals surface area contributed by atoms with E-state index in [9.17, 15) is 4.79 Å². The molecule has 2 heterocycles. The standard InChI is InChI=1S/C19H32N2O4/c1-18(2,3)25-17(22)21-10-6-15(7-11-21)14-20-16-4-8-19(9-5-16)23-12-13-24-19/h6,16,20H,4-5,7-14H2,1-3H3. The molecule has 3 rings (SSSR count). The zero-order valence-corrected chi connectivity index (χ0v) is 15.8. The van der Waals surface area contributed by atoms with Crippen molar-refractivity contribution in [2.75, 3.05) is 32.8 Å². The fourth-order valence-electron chi connectivity index (χ4n) is 3.69. The normalized spacial score (nSPS) is 24.4. The highest BCUT2D eigenvalue weighted by Gasteiger charge is 2.40. The molecular weight excluding hydrogens is 320 g/mol. The second-order valence-electron chi connectivity index (χ2n) is 8.30. The molecule has 1 amide bonds. The number of hydrogen-bond acceptors (Lipinski definition) is 5. The van der Waals surface area contributed by atoms with Crippen LogP contribution in [0.5, 0.6) is 0 Å². The van der Waals surface area contributed by atoms with E-state index in [4.69, 9.17) is 14.2 Å². The predicted octanol–water partition coefficient (Wildman–Crippen LogP) is 2.83. The van der Waals surface area contributed by atoms with E-state index in [0.717, 1.165) is 58.4 Å². The van der Waals surface area contributed by atoms with Crippen molar-refractivity contribution in [3.8, 4) is 0 Å². The summed E-state index contributed by atoms with van der Waals surface area (Å²) < 4.78 is 17.0. The van der Waals surface area contributed by atoms with E-state index >= 15 is 0 Å². The predicted molar refractivity (Wildman–Crippen MR) is 95.4 cm³/mol. The second-order valence-corrected chi connectivity index (χ2v) is 8.30. The van der Waals surface area contributed by atoms with Crippen LogP contribution in [-0.2, 0) is 14.2 Å². The molecule has 6 nitrogen and oxygen atoms in total. The molecule has 0 aromatic carbocycles. The van der Waals surface area contributed by atoms with Gasteiger partial charge in [-0.05, 0) is 40.0 Å². The van der Waals surface area contributed by atoms with Crippen molar-refractivity contribution in [3.05, 3.63) is 11.6 Å². The molecule has 0 aromatic rings. The van der Waals surface area contributed by atoms with Crippen molar-refractivity contribution in [3.63, 3.8) is 0 Å². The van der Waals surface area contributed by atoms with E-state index in [0.29, 0.717) is 12.6 Å². The Morgan fingerprint density at radius 1 is 1.32 bits per heavy atom. The van der Waals surface area contributed by atoms with Crippen LogP contribution in [0.15, 0.2) is 11.6 Å². The highest BCUT2D eigenvalue weighted by atomic mass is 16.7. The Balaban J connectivity index is 1.38. The Kier molecular flexibility index (Phi) is 5.71. The number of rotatable bonds is 3. The summed E-state index contributed by atoms with van der Waals surface area (Å²) in [4.78, 5) is 13.9. The molecule has 0 atom stereocenters. The maximum atomic E-state index is 12.1. The van der Waals surface area contributed by atoms with E-state index in [2.05, 4.69) is 11.4 Å². The molecule has 1 aliphatic carbocycles. The van der Waals surface area contributed by atoms with Crippen LogP contribution in [0, 0.1) is 0 Å². The number of hydrogen-bond donors (Lipinski definition) is 1. The van der Waals surface area contributed by atoms with Crippen LogP contribution in [0.4, 0.5) is 4.79 Å². The van der Waals surface area contributed by atoms with Crippen molar-refractivity contribution in [1.82, 2.24) is 10.2 Å². The highest BCUT2D eigenvalue weighted by molar-refractivity contribution is 5.68. The van der Waals surface area contributed by atoms with Crippen LogP contribution >= 0.6 is 0 Å². The fourth-order valence-corrected chi connectivity index (χ4v) is 3.69. The lowest BCUT2D eigenvalue weighted by molar-refractivity contribution is -0.179. The Labute approximate surface area is 150 Å². The average Bonchev–Trinajstić information content (AvgIpc) is 3.02. The van der Waals surface area contributed by atoms with Gasteiger partial charge in [-0.15, -0.1) is 0 Å². The molecular formula is C19H32N2O4. The van der Waals surface area contributed by atoms with Crippen molar-refractivity contribution in [2.45, 2.75) is 70.3 Å². The van der Waals surface area contributed by atoms with Gasteiger partial charge in [0.15, 0.2) is 5.79 Å². The number of ether oxygens (including phenoxy) is 3. The molecule has 0 unspecified atom stereocenters. The smallest absolute Gasteiger partial charge is 0.410 e. The van der Waals surface area contributed by atoms with Crippen LogP contribution in [0.3, 0.4) is 0 Å². The average molecular weight is 352 g/mol. The van der Waals surface area contributed by atoms with Crippen LogP contribution in [0.1, 0.15) is 52.9 Å². The maximum absolute atomic E-state index is 12.1. The summed E-state index contributed by atoms with van der Waals surface area (Å²) in [5.41, 5.74) is 0.946. The zero-order chi connectivity index (χ0) is 17.9. The summed E-state index contributed by atoms with van der Waals surface area (Å²) in [6.45, 7) is 9.45. The number of nitrogens with zero attached hydrogens (tertiary/aromatic N) is 1. The van der Waals surface area contributed by atoms with Gasteiger partial charge in [-0.2, -0.15) is 0 Å². The van der Waals surface area contributed by atoms with Gasteiger partial charge in [0.1, 0.15) is 5.60 Å². The molecule has 1 saturated carbocycles. The Morgan fingerprint density at radius 3 is 2.56 bits per heavy atom.